The maximum absolute atomic E-state index is 11.4. The molecule has 0 radical (unpaired) electrons. The fourth-order valence-corrected chi connectivity index (χ4v) is 16.5. The average molecular weight is 1620 g/mol. The van der Waals surface area contributed by atoms with Crippen molar-refractivity contribution in [3.63, 3.8) is 0 Å². The topological polar surface area (TPSA) is 187 Å². The standard InChI is InChI=1S/C100H125N5O5Si5/c1-96(2,3)113(18,19)108-48-38-28-33-43-78-53-83-63-89(59-78)94(74-104)70-85-55-80(45-35-30-40-50-110-115(22,23)98(7,8)9)60-90(65-85)95(75-105)69-84-54-79(44-34-29-39-49-109-114(20,21)97(4,5)6)58-88(64-84)93(73-103)67-82-52-77(42-32-25-27-37-47-100(12,13)112(16,17)107)56-86(62-82)91(71-101)66-81-51-76(57-87(61-81)92(68-83)72-102)41-31-24-26-36-46-99(10,11)111(14,15)106/h51-70,106-107H,24-30,36-40,46-50H2,1-23H3/b91-66+,92-68+,93-67+,94-70+,95-69+. The largest absolute Gasteiger partial charge is 0.432 e. The van der Waals surface area contributed by atoms with E-state index in [4.69, 9.17) is 13.3 Å². The molecule has 1 aliphatic carbocycles. The number of hydrogen-bond acceptors (Lipinski definition) is 10. The number of unbranched alkanes of at least 4 members (excludes halogenated alkanes) is 7. The van der Waals surface area contributed by atoms with Crippen LogP contribution in [0.25, 0.3) is 58.2 Å². The normalized spacial score (nSPS) is 15.4. The zero-order valence-electron chi connectivity index (χ0n) is 73.4. The molecule has 6 rings (SSSR count). The molecule has 2 N–H and O–H groups in total. The van der Waals surface area contributed by atoms with Crippen molar-refractivity contribution >= 4 is 99.8 Å². The van der Waals surface area contributed by atoms with Crippen LogP contribution in [0.3, 0.4) is 0 Å². The summed E-state index contributed by atoms with van der Waals surface area (Å²) in [5.41, 5.74) is 10.4. The van der Waals surface area contributed by atoms with Crippen LogP contribution in [0.2, 0.25) is 90.7 Å². The van der Waals surface area contributed by atoms with Gasteiger partial charge < -0.3 is 22.9 Å². The summed E-state index contributed by atoms with van der Waals surface area (Å²) in [6.07, 6.45) is 19.3. The Hall–Kier alpha value is -9.07. The first-order chi connectivity index (χ1) is 53.6. The van der Waals surface area contributed by atoms with Gasteiger partial charge in [-0.25, -0.2) is 0 Å². The van der Waals surface area contributed by atoms with E-state index in [-0.39, 0.29) is 25.2 Å². The van der Waals surface area contributed by atoms with Gasteiger partial charge in [-0.15, -0.1) is 0 Å². The lowest BCUT2D eigenvalue weighted by Crippen LogP contribution is -2.40. The highest BCUT2D eigenvalue weighted by Gasteiger charge is 2.40. The Morgan fingerprint density at radius 3 is 0.643 bits per heavy atom. The number of hydrogen-bond donors (Lipinski definition) is 2. The molecule has 0 fully saturated rings. The Kier molecular flexibility index (Phi) is 33.9. The molecule has 0 spiro atoms. The summed E-state index contributed by atoms with van der Waals surface area (Å²) >= 11 is 0. The van der Waals surface area contributed by atoms with Crippen molar-refractivity contribution in [3.05, 3.63) is 174 Å². The van der Waals surface area contributed by atoms with Crippen LogP contribution in [-0.4, -0.2) is 71.0 Å². The summed E-state index contributed by atoms with van der Waals surface area (Å²) in [5, 5.41) is 57.0. The van der Waals surface area contributed by atoms with Crippen LogP contribution in [0.15, 0.2) is 91.0 Å². The van der Waals surface area contributed by atoms with Crippen LogP contribution in [-0.2, 0) is 13.3 Å². The molecule has 0 amide bonds. The summed E-state index contributed by atoms with van der Waals surface area (Å²) in [6.45, 7) is 51.8. The lowest BCUT2D eigenvalue weighted by atomic mass is 9.93. The Morgan fingerprint density at radius 2 is 0.470 bits per heavy atom. The van der Waals surface area contributed by atoms with Gasteiger partial charge in [0.05, 0.1) is 58.2 Å². The molecule has 600 valence electrons. The van der Waals surface area contributed by atoms with Gasteiger partial charge in [-0.2, -0.15) is 26.3 Å². The van der Waals surface area contributed by atoms with Gasteiger partial charge in [-0.3, -0.25) is 0 Å². The monoisotopic (exact) mass is 1620 g/mol. The Bertz CT molecular complexity index is 4340. The van der Waals surface area contributed by atoms with E-state index in [1.54, 1.807) is 30.4 Å². The van der Waals surface area contributed by atoms with E-state index in [2.05, 4.69) is 219 Å². The molecular weight excluding hydrogens is 1490 g/mol. The number of allylic oxidation sites excluding steroid dienone is 5. The number of nitrogens with zero attached hydrogens (tertiary/aromatic N) is 5. The van der Waals surface area contributed by atoms with Gasteiger partial charge in [0.2, 0.25) is 0 Å². The number of rotatable bonds is 22. The van der Waals surface area contributed by atoms with Gasteiger partial charge in [0.25, 0.3) is 0 Å². The molecule has 1 aliphatic rings. The second-order valence-electron chi connectivity index (χ2n) is 37.5. The molecular formula is C100H125N5O5Si5. The van der Waals surface area contributed by atoms with E-state index >= 15 is 0 Å². The molecule has 5 aromatic carbocycles. The van der Waals surface area contributed by atoms with E-state index in [1.165, 1.54) is 0 Å². The Labute approximate surface area is 698 Å². The number of nitriles is 5. The van der Waals surface area contributed by atoms with Gasteiger partial charge in [0.1, 0.15) is 0 Å². The second kappa shape index (κ2) is 41.2. The lowest BCUT2D eigenvalue weighted by Gasteiger charge is -2.36. The van der Waals surface area contributed by atoms with E-state index < -0.39 is 41.6 Å². The molecule has 115 heavy (non-hydrogen) atoms. The average Bonchev–Trinajstić information content (AvgIpc) is 1.32. The Morgan fingerprint density at radius 1 is 0.278 bits per heavy atom. The van der Waals surface area contributed by atoms with E-state index in [0.29, 0.717) is 163 Å². The van der Waals surface area contributed by atoms with Crippen molar-refractivity contribution in [2.24, 2.45) is 0 Å². The first kappa shape index (κ1) is 94.8. The summed E-state index contributed by atoms with van der Waals surface area (Å²) in [4.78, 5) is 22.1. The third-order valence-electron chi connectivity index (χ3n) is 23.8. The summed E-state index contributed by atoms with van der Waals surface area (Å²) < 4.78 is 19.6. The first-order valence-electron chi connectivity index (χ1n) is 40.8. The minimum Gasteiger partial charge on any atom is -0.432 e. The van der Waals surface area contributed by atoms with E-state index in [9.17, 15) is 35.9 Å². The number of fused-ring (bicyclic) bond motifs is 10. The highest BCUT2D eigenvalue weighted by Crippen LogP contribution is 2.43. The van der Waals surface area contributed by atoms with Crippen LogP contribution in [0.1, 0.15) is 263 Å². The molecule has 0 saturated heterocycles. The predicted molar refractivity (Wildman–Crippen MR) is 496 cm³/mol. The molecule has 0 aromatic heterocycles. The molecule has 0 aliphatic heterocycles. The van der Waals surface area contributed by atoms with Crippen LogP contribution in [0.4, 0.5) is 0 Å². The zero-order valence-corrected chi connectivity index (χ0v) is 78.4. The SMILES string of the molecule is CC(C)(CCCCC#Cc1cc2cc(c1)/C(C#N)=C/c1cc(C#CCCCO[Si](C)(C)C(C)(C)C)cc(c1)/C(C#N)=C/c1cc(C#CCCCO[Si](C)(C)C(C)(C)C)cc(c1)/C(C#N)=C/c1cc(C#CCCCO[Si](C)(C)C(C)(C)C)cc(c1)/C(C#N)=C/c1cc(C#CCCCCC(C)(C)[Si](C)(C)O)cc(c1)/C(C#N)=C/2)[Si](C)(C)O. The maximum atomic E-state index is 11.4. The minimum absolute atomic E-state index is 0.0573. The van der Waals surface area contributed by atoms with Gasteiger partial charge in [0.15, 0.2) is 41.6 Å². The van der Waals surface area contributed by atoms with E-state index in [0.717, 1.165) is 57.8 Å². The summed E-state index contributed by atoms with van der Waals surface area (Å²) in [7, 11) is -10.8. The quantitative estimate of drug-likeness (QED) is 0.0383. The van der Waals surface area contributed by atoms with Crippen LogP contribution >= 0.6 is 0 Å². The molecule has 0 atom stereocenters. The van der Waals surface area contributed by atoms with E-state index in [1.807, 2.05) is 117 Å². The smallest absolute Gasteiger partial charge is 0.191 e. The summed E-state index contributed by atoms with van der Waals surface area (Å²) in [6, 6.07) is 41.1. The van der Waals surface area contributed by atoms with Gasteiger partial charge in [-0.1, -0.05) is 162 Å². The number of benzene rings is 5. The third-order valence-corrected chi connectivity index (χ3v) is 44.6. The molecule has 15 heteroatoms. The predicted octanol–water partition coefficient (Wildman–Crippen LogP) is 25.6. The van der Waals surface area contributed by atoms with Crippen molar-refractivity contribution in [2.75, 3.05) is 19.8 Å². The lowest BCUT2D eigenvalue weighted by molar-refractivity contribution is 0.284. The van der Waals surface area contributed by atoms with Gasteiger partial charge in [0, 0.05) is 79.7 Å². The molecule has 0 unspecified atom stereocenters. The molecule has 10 bridgehead atoms. The van der Waals surface area contributed by atoms with Crippen LogP contribution in [0.5, 0.6) is 0 Å². The fraction of sp³-hybridized carbons (Fsp3) is 0.450. The van der Waals surface area contributed by atoms with Crippen molar-refractivity contribution < 1.29 is 22.9 Å². The maximum Gasteiger partial charge on any atom is 0.191 e. The van der Waals surface area contributed by atoms with Crippen molar-refractivity contribution in [1.29, 1.82) is 26.3 Å². The minimum atomic E-state index is -2.42. The van der Waals surface area contributed by atoms with Crippen LogP contribution < -0.4 is 0 Å². The first-order valence-corrected chi connectivity index (χ1v) is 55.4. The second-order valence-corrected chi connectivity index (χ2v) is 60.9. The van der Waals surface area contributed by atoms with Gasteiger partial charge in [-0.05, 0) is 313 Å². The molecule has 0 saturated carbocycles. The molecule has 10 nitrogen and oxygen atoms in total. The Balaban J connectivity index is 1.71. The molecule has 0 heterocycles. The fourth-order valence-electron chi connectivity index (χ4n) is 11.7. The summed E-state index contributed by atoms with van der Waals surface area (Å²) in [5.74, 6) is 34.1. The third kappa shape index (κ3) is 29.0. The highest BCUT2D eigenvalue weighted by molar-refractivity contribution is 6.75. The molecule has 5 aromatic rings. The zero-order chi connectivity index (χ0) is 85.4. The van der Waals surface area contributed by atoms with Crippen molar-refractivity contribution in [1.82, 2.24) is 0 Å². The van der Waals surface area contributed by atoms with Crippen molar-refractivity contribution in [2.45, 2.75) is 271 Å². The van der Waals surface area contributed by atoms with Gasteiger partial charge >= 0.3 is 0 Å². The van der Waals surface area contributed by atoms with Crippen LogP contribution in [0, 0.1) is 116 Å². The highest BCUT2D eigenvalue weighted by atomic mass is 28.4. The van der Waals surface area contributed by atoms with Crippen molar-refractivity contribution in [3.8, 4) is 89.6 Å².